The van der Waals surface area contributed by atoms with Gasteiger partial charge in [0.25, 0.3) is 0 Å². The number of fused-ring (bicyclic) bond motifs is 6. The lowest BCUT2D eigenvalue weighted by molar-refractivity contribution is 0.769. The quantitative estimate of drug-likeness (QED) is 0.157. The van der Waals surface area contributed by atoms with Gasteiger partial charge in [-0.1, -0.05) is 212 Å². The molecule has 1 aliphatic rings. The van der Waals surface area contributed by atoms with Gasteiger partial charge >= 0.3 is 0 Å². The summed E-state index contributed by atoms with van der Waals surface area (Å²) in [7, 11) is 0. The van der Waals surface area contributed by atoms with Gasteiger partial charge in [-0.2, -0.15) is 0 Å². The molecule has 11 rings (SSSR count). The summed E-state index contributed by atoms with van der Waals surface area (Å²) in [6.45, 7) is 0. The Labute approximate surface area is 321 Å². The van der Waals surface area contributed by atoms with Crippen LogP contribution in [0.5, 0.6) is 0 Å². The molecule has 256 valence electrons. The Morgan fingerprint density at radius 3 is 1.25 bits per heavy atom. The normalized spacial score (nSPS) is 12.9. The molecule has 0 heterocycles. The molecule has 55 heavy (non-hydrogen) atoms. The van der Waals surface area contributed by atoms with E-state index in [0.29, 0.717) is 0 Å². The fraction of sp³-hybridized carbons (Fsp3) is 0.0182. The minimum atomic E-state index is -0.463. The van der Waals surface area contributed by atoms with Crippen LogP contribution in [0, 0.1) is 0 Å². The maximum absolute atomic E-state index is 2.51. The molecule has 0 unspecified atom stereocenters. The van der Waals surface area contributed by atoms with Crippen LogP contribution in [-0.2, 0) is 5.41 Å². The van der Waals surface area contributed by atoms with Gasteiger partial charge in [-0.05, 0) is 105 Å². The van der Waals surface area contributed by atoms with Crippen LogP contribution in [0.3, 0.4) is 0 Å². The zero-order valence-corrected chi connectivity index (χ0v) is 30.3. The average Bonchev–Trinajstić information content (AvgIpc) is 3.56. The van der Waals surface area contributed by atoms with E-state index in [0.717, 1.165) is 0 Å². The van der Waals surface area contributed by atoms with Gasteiger partial charge < -0.3 is 0 Å². The van der Waals surface area contributed by atoms with Crippen molar-refractivity contribution in [3.63, 3.8) is 0 Å². The first kappa shape index (κ1) is 31.5. The monoisotopic (exact) mass is 696 g/mol. The summed E-state index contributed by atoms with van der Waals surface area (Å²) < 4.78 is 0. The molecule has 0 saturated heterocycles. The summed E-state index contributed by atoms with van der Waals surface area (Å²) in [5.41, 5.74) is 14.9. The molecule has 0 fully saturated rings. The van der Waals surface area contributed by atoms with Crippen LogP contribution >= 0.6 is 0 Å². The molecule has 0 atom stereocenters. The van der Waals surface area contributed by atoms with E-state index in [1.807, 2.05) is 0 Å². The Kier molecular flexibility index (Phi) is 7.19. The van der Waals surface area contributed by atoms with E-state index < -0.39 is 5.41 Å². The molecule has 1 aliphatic carbocycles. The molecule has 0 radical (unpaired) electrons. The summed E-state index contributed by atoms with van der Waals surface area (Å²) >= 11 is 0. The molecule has 0 spiro atoms. The maximum atomic E-state index is 2.51. The molecule has 0 aliphatic heterocycles. The highest BCUT2D eigenvalue weighted by atomic mass is 14.5. The molecule has 0 nitrogen and oxygen atoms in total. The topological polar surface area (TPSA) is 0 Å². The zero-order chi connectivity index (χ0) is 36.3. The lowest BCUT2D eigenvalue weighted by Crippen LogP contribution is -2.28. The number of rotatable bonds is 5. The molecule has 0 heteroatoms. The highest BCUT2D eigenvalue weighted by molar-refractivity contribution is 6.24. The van der Waals surface area contributed by atoms with E-state index in [4.69, 9.17) is 0 Å². The summed E-state index contributed by atoms with van der Waals surface area (Å²) in [6, 6.07) is 80.8. The minimum Gasteiger partial charge on any atom is -0.0622 e. The second-order valence-electron chi connectivity index (χ2n) is 14.7. The van der Waals surface area contributed by atoms with Gasteiger partial charge in [-0.15, -0.1) is 0 Å². The standard InChI is InChI=1S/C55H36/c1-4-18-37(19-5-1)41-34-35-50(43-25-11-10-24-42(41)43)54-48-29-14-12-27-46(48)53(47-28-13-15-30-49(47)54)38-32-33-45-44-26-16-17-31-51(44)55(52(45)36-38,39-20-6-2-7-21-39)40-22-8-3-9-23-40/h1-36H. The molecule has 0 aromatic heterocycles. The first-order valence-corrected chi connectivity index (χ1v) is 19.2. The Hall–Kier alpha value is -7.02. The fourth-order valence-corrected chi connectivity index (χ4v) is 9.72. The van der Waals surface area contributed by atoms with Crippen molar-refractivity contribution in [3.05, 3.63) is 241 Å². The zero-order valence-electron chi connectivity index (χ0n) is 30.3. The molecule has 0 N–H and O–H groups in total. The molecule has 0 bridgehead atoms. The molecular weight excluding hydrogens is 661 g/mol. The Bertz CT molecular complexity index is 2970. The van der Waals surface area contributed by atoms with Crippen molar-refractivity contribution in [1.82, 2.24) is 0 Å². The molecule has 10 aromatic rings. The van der Waals surface area contributed by atoms with Gasteiger partial charge in [0, 0.05) is 0 Å². The smallest absolute Gasteiger partial charge is 0.0622 e. The minimum absolute atomic E-state index is 0.463. The highest BCUT2D eigenvalue weighted by Gasteiger charge is 2.46. The summed E-state index contributed by atoms with van der Waals surface area (Å²) in [5.74, 6) is 0. The first-order chi connectivity index (χ1) is 27.3. The molecule has 0 saturated carbocycles. The van der Waals surface area contributed by atoms with Crippen LogP contribution in [0.25, 0.3) is 76.8 Å². The van der Waals surface area contributed by atoms with Gasteiger partial charge in [0.05, 0.1) is 5.41 Å². The van der Waals surface area contributed by atoms with Crippen molar-refractivity contribution in [2.45, 2.75) is 5.41 Å². The SMILES string of the molecule is c1ccc(-c2ccc(-c3c4ccccc4c(-c4ccc5c(c4)C(c4ccccc4)(c4ccccc4)c4ccccc4-5)c4ccccc34)c3ccccc23)cc1. The van der Waals surface area contributed by atoms with Crippen molar-refractivity contribution in [3.8, 4) is 44.5 Å². The van der Waals surface area contributed by atoms with Crippen LogP contribution in [0.2, 0.25) is 0 Å². The van der Waals surface area contributed by atoms with E-state index in [-0.39, 0.29) is 0 Å². The van der Waals surface area contributed by atoms with Crippen LogP contribution in [0.15, 0.2) is 218 Å². The van der Waals surface area contributed by atoms with E-state index in [2.05, 4.69) is 218 Å². The van der Waals surface area contributed by atoms with Gasteiger partial charge in [0.2, 0.25) is 0 Å². The third-order valence-corrected chi connectivity index (χ3v) is 12.0. The predicted molar refractivity (Wildman–Crippen MR) is 233 cm³/mol. The maximum Gasteiger partial charge on any atom is 0.0713 e. The van der Waals surface area contributed by atoms with Crippen LogP contribution in [0.4, 0.5) is 0 Å². The third kappa shape index (κ3) is 4.65. The Morgan fingerprint density at radius 1 is 0.236 bits per heavy atom. The highest BCUT2D eigenvalue weighted by Crippen LogP contribution is 2.57. The van der Waals surface area contributed by atoms with Crippen LogP contribution in [0.1, 0.15) is 22.3 Å². The van der Waals surface area contributed by atoms with Crippen molar-refractivity contribution in [1.29, 1.82) is 0 Å². The number of hydrogen-bond donors (Lipinski definition) is 0. The largest absolute Gasteiger partial charge is 0.0713 e. The average molecular weight is 697 g/mol. The molecule has 0 amide bonds. The van der Waals surface area contributed by atoms with Crippen molar-refractivity contribution in [2.24, 2.45) is 0 Å². The lowest BCUT2D eigenvalue weighted by Gasteiger charge is -2.34. The van der Waals surface area contributed by atoms with Gasteiger partial charge in [0.1, 0.15) is 0 Å². The summed E-state index contributed by atoms with van der Waals surface area (Å²) in [4.78, 5) is 0. The van der Waals surface area contributed by atoms with E-state index in [9.17, 15) is 0 Å². The summed E-state index contributed by atoms with van der Waals surface area (Å²) in [5, 5.41) is 7.56. The van der Waals surface area contributed by atoms with Crippen molar-refractivity contribution < 1.29 is 0 Å². The van der Waals surface area contributed by atoms with E-state index >= 15 is 0 Å². The van der Waals surface area contributed by atoms with Gasteiger partial charge in [-0.3, -0.25) is 0 Å². The van der Waals surface area contributed by atoms with Crippen LogP contribution < -0.4 is 0 Å². The van der Waals surface area contributed by atoms with Crippen LogP contribution in [-0.4, -0.2) is 0 Å². The van der Waals surface area contributed by atoms with Gasteiger partial charge in [0.15, 0.2) is 0 Å². The second kappa shape index (κ2) is 12.5. The molecular formula is C55H36. The molecule has 10 aromatic carbocycles. The second-order valence-corrected chi connectivity index (χ2v) is 14.7. The number of benzene rings is 10. The number of hydrogen-bond acceptors (Lipinski definition) is 0. The Balaban J connectivity index is 1.21. The Morgan fingerprint density at radius 2 is 0.655 bits per heavy atom. The van der Waals surface area contributed by atoms with Crippen molar-refractivity contribution >= 4 is 32.3 Å². The van der Waals surface area contributed by atoms with Crippen molar-refractivity contribution in [2.75, 3.05) is 0 Å². The lowest BCUT2D eigenvalue weighted by atomic mass is 9.67. The van der Waals surface area contributed by atoms with E-state index in [1.54, 1.807) is 0 Å². The van der Waals surface area contributed by atoms with E-state index in [1.165, 1.54) is 99.1 Å². The first-order valence-electron chi connectivity index (χ1n) is 19.2. The summed E-state index contributed by atoms with van der Waals surface area (Å²) in [6.07, 6.45) is 0. The van der Waals surface area contributed by atoms with Gasteiger partial charge in [-0.25, -0.2) is 0 Å². The fourth-order valence-electron chi connectivity index (χ4n) is 9.72. The third-order valence-electron chi connectivity index (χ3n) is 12.0. The predicted octanol–water partition coefficient (Wildman–Crippen LogP) is 14.5.